The van der Waals surface area contributed by atoms with E-state index in [1.807, 2.05) is 6.08 Å². The fourth-order valence-electron chi connectivity index (χ4n) is 4.53. The number of hydrogen-bond acceptors (Lipinski definition) is 2. The Labute approximate surface area is 103 Å². The summed E-state index contributed by atoms with van der Waals surface area (Å²) >= 11 is 0. The molecule has 6 atom stereocenters. The van der Waals surface area contributed by atoms with E-state index < -0.39 is 0 Å². The summed E-state index contributed by atoms with van der Waals surface area (Å²) in [5.41, 5.74) is 1.47. The molecular formula is C15H22O2. The molecule has 94 valence electrons. The van der Waals surface area contributed by atoms with Gasteiger partial charge in [0, 0.05) is 12.5 Å². The van der Waals surface area contributed by atoms with Crippen LogP contribution in [0, 0.1) is 35.0 Å². The average Bonchev–Trinajstić information content (AvgIpc) is 2.83. The van der Waals surface area contributed by atoms with E-state index >= 15 is 0 Å². The van der Waals surface area contributed by atoms with Crippen LogP contribution < -0.4 is 0 Å². The van der Waals surface area contributed by atoms with Crippen molar-refractivity contribution >= 4 is 5.78 Å². The average molecular weight is 234 g/mol. The predicted octanol–water partition coefficient (Wildman–Crippen LogP) is 2.42. The van der Waals surface area contributed by atoms with Crippen LogP contribution in [0.3, 0.4) is 0 Å². The monoisotopic (exact) mass is 234 g/mol. The lowest BCUT2D eigenvalue weighted by Gasteiger charge is -2.24. The van der Waals surface area contributed by atoms with Crippen molar-refractivity contribution in [3.05, 3.63) is 11.6 Å². The number of carbonyl (C=O) groups is 1. The maximum atomic E-state index is 11.9. The zero-order chi connectivity index (χ0) is 12.4. The van der Waals surface area contributed by atoms with Crippen LogP contribution in [0.2, 0.25) is 0 Å². The van der Waals surface area contributed by atoms with Gasteiger partial charge in [-0.05, 0) is 48.0 Å². The van der Waals surface area contributed by atoms with E-state index in [0.717, 1.165) is 0 Å². The first-order chi connectivity index (χ1) is 8.00. The van der Waals surface area contributed by atoms with E-state index in [1.165, 1.54) is 18.4 Å². The van der Waals surface area contributed by atoms with Gasteiger partial charge in [-0.1, -0.05) is 26.3 Å². The summed E-state index contributed by atoms with van der Waals surface area (Å²) in [6.45, 7) is 6.81. The van der Waals surface area contributed by atoms with E-state index in [9.17, 15) is 9.90 Å². The minimum Gasteiger partial charge on any atom is -0.396 e. The normalized spacial score (nSPS) is 52.6. The maximum Gasteiger partial charge on any atom is 0.159 e. The minimum absolute atomic E-state index is 0.0861. The van der Waals surface area contributed by atoms with Crippen LogP contribution in [0.4, 0.5) is 0 Å². The number of ketones is 1. The fourth-order valence-corrected chi connectivity index (χ4v) is 4.53. The van der Waals surface area contributed by atoms with Gasteiger partial charge in [-0.25, -0.2) is 0 Å². The third-order valence-electron chi connectivity index (χ3n) is 5.82. The second-order valence-electron chi connectivity index (χ2n) is 6.64. The molecule has 0 aromatic heterocycles. The lowest BCUT2D eigenvalue weighted by molar-refractivity contribution is -0.118. The van der Waals surface area contributed by atoms with Gasteiger partial charge in [0.05, 0.1) is 0 Å². The van der Waals surface area contributed by atoms with Crippen molar-refractivity contribution in [1.82, 2.24) is 0 Å². The van der Waals surface area contributed by atoms with Crippen molar-refractivity contribution in [1.29, 1.82) is 0 Å². The topological polar surface area (TPSA) is 37.3 Å². The molecule has 0 amide bonds. The second-order valence-corrected chi connectivity index (χ2v) is 6.64. The lowest BCUT2D eigenvalue weighted by atomic mass is 9.80. The van der Waals surface area contributed by atoms with E-state index in [-0.39, 0.29) is 17.9 Å². The molecule has 3 aliphatic rings. The molecule has 0 heterocycles. The van der Waals surface area contributed by atoms with Gasteiger partial charge in [-0.3, -0.25) is 4.79 Å². The molecule has 2 nitrogen and oxygen atoms in total. The molecule has 3 aliphatic carbocycles. The molecule has 0 aromatic carbocycles. The van der Waals surface area contributed by atoms with Crippen molar-refractivity contribution in [3.8, 4) is 0 Å². The highest BCUT2D eigenvalue weighted by Gasteiger charge is 2.66. The van der Waals surface area contributed by atoms with Gasteiger partial charge < -0.3 is 5.11 Å². The molecule has 0 aromatic rings. The molecule has 0 saturated heterocycles. The highest BCUT2D eigenvalue weighted by atomic mass is 16.3. The standard InChI is InChI=1S/C15H22O2/c1-8-4-5-11-14(15(11,3)7-16)13-9(2)12(17)6-10(8)13/h6,8-9,11,13-14,16H,4-5,7H2,1-3H3/t8-,9-,11-,13-,14-,15+/m0/s1. The van der Waals surface area contributed by atoms with Crippen LogP contribution in [-0.4, -0.2) is 17.5 Å². The summed E-state index contributed by atoms with van der Waals surface area (Å²) in [6.07, 6.45) is 4.31. The Bertz CT molecular complexity index is 398. The molecule has 0 spiro atoms. The highest BCUT2D eigenvalue weighted by Crippen LogP contribution is 2.69. The van der Waals surface area contributed by atoms with Crippen LogP contribution in [0.1, 0.15) is 33.6 Å². The molecule has 0 radical (unpaired) electrons. The highest BCUT2D eigenvalue weighted by molar-refractivity contribution is 5.95. The molecule has 0 aliphatic heterocycles. The van der Waals surface area contributed by atoms with Crippen LogP contribution in [-0.2, 0) is 4.79 Å². The lowest BCUT2D eigenvalue weighted by Crippen LogP contribution is -2.22. The van der Waals surface area contributed by atoms with Gasteiger partial charge in [0.2, 0.25) is 0 Å². The first-order valence-electron chi connectivity index (χ1n) is 6.87. The van der Waals surface area contributed by atoms with E-state index in [0.29, 0.717) is 29.5 Å². The predicted molar refractivity (Wildman–Crippen MR) is 66.3 cm³/mol. The van der Waals surface area contributed by atoms with E-state index in [4.69, 9.17) is 0 Å². The Morgan fingerprint density at radius 3 is 2.76 bits per heavy atom. The van der Waals surface area contributed by atoms with Gasteiger partial charge in [0.15, 0.2) is 5.78 Å². The number of aliphatic hydroxyl groups is 1. The number of rotatable bonds is 1. The van der Waals surface area contributed by atoms with Crippen LogP contribution in [0.5, 0.6) is 0 Å². The van der Waals surface area contributed by atoms with Crippen molar-refractivity contribution < 1.29 is 9.90 Å². The Morgan fingerprint density at radius 1 is 1.41 bits per heavy atom. The molecule has 2 heteroatoms. The first-order valence-corrected chi connectivity index (χ1v) is 6.87. The summed E-state index contributed by atoms with van der Waals surface area (Å²) in [6, 6.07) is 0. The Balaban J connectivity index is 1.98. The minimum atomic E-state index is 0.0861. The molecular weight excluding hydrogens is 212 g/mol. The summed E-state index contributed by atoms with van der Waals surface area (Å²) in [7, 11) is 0. The molecule has 2 saturated carbocycles. The first kappa shape index (κ1) is 11.5. The molecule has 1 N–H and O–H groups in total. The molecule has 2 fully saturated rings. The van der Waals surface area contributed by atoms with Crippen molar-refractivity contribution in [2.24, 2.45) is 35.0 Å². The molecule has 3 rings (SSSR count). The third kappa shape index (κ3) is 1.33. The van der Waals surface area contributed by atoms with E-state index in [1.54, 1.807) is 0 Å². The van der Waals surface area contributed by atoms with Crippen molar-refractivity contribution in [3.63, 3.8) is 0 Å². The van der Waals surface area contributed by atoms with Crippen LogP contribution >= 0.6 is 0 Å². The number of hydrogen-bond donors (Lipinski definition) is 1. The van der Waals surface area contributed by atoms with Gasteiger partial charge in [0.1, 0.15) is 0 Å². The second kappa shape index (κ2) is 3.44. The zero-order valence-corrected chi connectivity index (χ0v) is 10.9. The number of carbonyl (C=O) groups excluding carboxylic acids is 1. The Hall–Kier alpha value is -0.630. The third-order valence-corrected chi connectivity index (χ3v) is 5.82. The summed E-state index contributed by atoms with van der Waals surface area (Å²) in [4.78, 5) is 11.9. The van der Waals surface area contributed by atoms with Gasteiger partial charge in [-0.2, -0.15) is 0 Å². The molecule has 0 unspecified atom stereocenters. The number of fused-ring (bicyclic) bond motifs is 3. The largest absolute Gasteiger partial charge is 0.396 e. The number of aliphatic hydroxyl groups excluding tert-OH is 1. The number of allylic oxidation sites excluding steroid dienone is 2. The van der Waals surface area contributed by atoms with Crippen molar-refractivity contribution in [2.75, 3.05) is 6.61 Å². The van der Waals surface area contributed by atoms with Gasteiger partial charge in [-0.15, -0.1) is 0 Å². The maximum absolute atomic E-state index is 11.9. The smallest absolute Gasteiger partial charge is 0.159 e. The van der Waals surface area contributed by atoms with Gasteiger partial charge >= 0.3 is 0 Å². The van der Waals surface area contributed by atoms with E-state index in [2.05, 4.69) is 20.8 Å². The van der Waals surface area contributed by atoms with Gasteiger partial charge in [0.25, 0.3) is 0 Å². The zero-order valence-electron chi connectivity index (χ0n) is 10.9. The summed E-state index contributed by atoms with van der Waals surface area (Å²) in [5, 5.41) is 9.62. The van der Waals surface area contributed by atoms with Crippen LogP contribution in [0.25, 0.3) is 0 Å². The molecule has 17 heavy (non-hydrogen) atoms. The summed E-state index contributed by atoms with van der Waals surface area (Å²) < 4.78 is 0. The SMILES string of the molecule is C[C@H]1CC[C@H]2[C@@H]([C@@H]3C1=CC(=O)[C@@H]3C)[C@]2(C)CO. The fraction of sp³-hybridized carbons (Fsp3) is 0.800. The molecule has 0 bridgehead atoms. The summed E-state index contributed by atoms with van der Waals surface area (Å²) in [5.74, 6) is 2.62. The Morgan fingerprint density at radius 2 is 2.12 bits per heavy atom. The quantitative estimate of drug-likeness (QED) is 0.756. The Kier molecular flexibility index (Phi) is 2.32. The van der Waals surface area contributed by atoms with Crippen molar-refractivity contribution in [2.45, 2.75) is 33.6 Å². The van der Waals surface area contributed by atoms with Crippen LogP contribution in [0.15, 0.2) is 11.6 Å².